The van der Waals surface area contributed by atoms with Crippen molar-refractivity contribution in [1.29, 1.82) is 0 Å². The number of hydrogen-bond acceptors (Lipinski definition) is 4. The van der Waals surface area contributed by atoms with Crippen LogP contribution in [0, 0.1) is 0 Å². The van der Waals surface area contributed by atoms with Crippen molar-refractivity contribution in [2.45, 2.75) is 19.4 Å². The van der Waals surface area contributed by atoms with Crippen LogP contribution in [0.3, 0.4) is 0 Å². The third kappa shape index (κ3) is 6.03. The van der Waals surface area contributed by atoms with E-state index in [1.165, 1.54) is 0 Å². The topological polar surface area (TPSA) is 78.0 Å². The molecule has 2 aromatic carbocycles. The van der Waals surface area contributed by atoms with Crippen molar-refractivity contribution in [2.24, 2.45) is 4.99 Å². The predicted octanol–water partition coefficient (Wildman–Crippen LogP) is 3.12. The second kappa shape index (κ2) is 10.7. The number of carbonyl (C=O) groups excluding carboxylic acids is 1. The van der Waals surface area contributed by atoms with Crippen LogP contribution in [0.15, 0.2) is 53.5 Å². The number of guanidine groups is 1. The third-order valence-corrected chi connectivity index (χ3v) is 5.03. The molecule has 30 heavy (non-hydrogen) atoms. The van der Waals surface area contributed by atoms with Crippen LogP contribution < -0.4 is 25.6 Å². The molecule has 0 saturated carbocycles. The number of benzene rings is 2. The average molecular weight is 430 g/mol. The first-order chi connectivity index (χ1) is 14.6. The molecule has 160 valence electrons. The van der Waals surface area contributed by atoms with E-state index in [-0.39, 0.29) is 18.5 Å². The third-order valence-electron chi connectivity index (χ3n) is 4.79. The van der Waals surface area contributed by atoms with Gasteiger partial charge in [-0.2, -0.15) is 0 Å². The minimum absolute atomic E-state index is 0.0444. The van der Waals surface area contributed by atoms with Crippen LogP contribution in [0.2, 0.25) is 5.02 Å². The number of halogens is 1. The quantitative estimate of drug-likeness (QED) is 0.465. The highest BCUT2D eigenvalue weighted by molar-refractivity contribution is 6.30. The lowest BCUT2D eigenvalue weighted by Gasteiger charge is -2.22. The Morgan fingerprint density at radius 1 is 1.27 bits per heavy atom. The number of para-hydroxylation sites is 1. The molecule has 1 amide bonds. The smallest absolute Gasteiger partial charge is 0.246 e. The molecule has 7 nitrogen and oxygen atoms in total. The normalized spacial score (nSPS) is 16.3. The zero-order valence-electron chi connectivity index (χ0n) is 17.3. The molecule has 2 aromatic rings. The van der Waals surface area contributed by atoms with Gasteiger partial charge in [-0.3, -0.25) is 4.79 Å². The molecule has 1 aliphatic rings. The zero-order chi connectivity index (χ0) is 21.3. The summed E-state index contributed by atoms with van der Waals surface area (Å²) >= 11 is 6.18. The molecule has 1 saturated heterocycles. The van der Waals surface area contributed by atoms with Gasteiger partial charge >= 0.3 is 0 Å². The second-order valence-electron chi connectivity index (χ2n) is 7.00. The minimum Gasteiger partial charge on any atom is -0.495 e. The fourth-order valence-electron chi connectivity index (χ4n) is 3.39. The molecule has 0 aliphatic carbocycles. The number of rotatable bonds is 7. The van der Waals surface area contributed by atoms with Gasteiger partial charge in [0.25, 0.3) is 0 Å². The number of carbonyl (C=O) groups is 1. The number of methoxy groups -OCH3 is 1. The number of ether oxygens (including phenoxy) is 1. The molecule has 3 rings (SSSR count). The molecule has 1 heterocycles. The van der Waals surface area contributed by atoms with Crippen LogP contribution in [0.4, 0.5) is 11.4 Å². The van der Waals surface area contributed by atoms with Gasteiger partial charge in [0, 0.05) is 36.4 Å². The Balaban J connectivity index is 1.58. The van der Waals surface area contributed by atoms with Crippen molar-refractivity contribution in [3.8, 4) is 5.75 Å². The maximum atomic E-state index is 12.2. The molecule has 8 heteroatoms. The monoisotopic (exact) mass is 429 g/mol. The molecule has 0 bridgehead atoms. The molecule has 0 spiro atoms. The summed E-state index contributed by atoms with van der Waals surface area (Å²) in [5, 5.41) is 10.2. The van der Waals surface area contributed by atoms with Crippen LogP contribution in [0.25, 0.3) is 0 Å². The molecule has 1 atom stereocenters. The summed E-state index contributed by atoms with van der Waals surface area (Å²) in [6.07, 6.45) is 0.941. The lowest BCUT2D eigenvalue weighted by Crippen LogP contribution is -2.45. The van der Waals surface area contributed by atoms with Gasteiger partial charge in [0.1, 0.15) is 12.3 Å². The maximum absolute atomic E-state index is 12.2. The van der Waals surface area contributed by atoms with Crippen LogP contribution >= 0.6 is 11.6 Å². The van der Waals surface area contributed by atoms with Crippen molar-refractivity contribution < 1.29 is 9.53 Å². The van der Waals surface area contributed by atoms with Crippen LogP contribution in [0.1, 0.15) is 13.3 Å². The van der Waals surface area contributed by atoms with Gasteiger partial charge in [0.05, 0.1) is 12.8 Å². The first-order valence-corrected chi connectivity index (χ1v) is 10.4. The Morgan fingerprint density at radius 3 is 2.80 bits per heavy atom. The molecule has 3 N–H and O–H groups in total. The standard InChI is InChI=1S/C22H28ClN5O2/c1-3-24-22(25-14-21(29)26-17-7-5-4-6-8-17)27-18-11-12-28(15-18)19-13-16(23)9-10-20(19)30-2/h4-10,13,18H,3,11-12,14-15H2,1-2H3,(H,26,29)(H2,24,25,27). The Hall–Kier alpha value is -2.93. The van der Waals surface area contributed by atoms with Crippen LogP contribution in [0.5, 0.6) is 5.75 Å². The fraction of sp³-hybridized carbons (Fsp3) is 0.364. The largest absolute Gasteiger partial charge is 0.495 e. The first kappa shape index (κ1) is 21.8. The van der Waals surface area contributed by atoms with Gasteiger partial charge in [-0.15, -0.1) is 0 Å². The van der Waals surface area contributed by atoms with Gasteiger partial charge in [0.2, 0.25) is 5.91 Å². The van der Waals surface area contributed by atoms with E-state index in [1.54, 1.807) is 7.11 Å². The summed E-state index contributed by atoms with van der Waals surface area (Å²) in [5.41, 5.74) is 1.75. The molecular formula is C22H28ClN5O2. The van der Waals surface area contributed by atoms with E-state index in [9.17, 15) is 4.79 Å². The molecular weight excluding hydrogens is 402 g/mol. The summed E-state index contributed by atoms with van der Waals surface area (Å²) in [5.74, 6) is 1.28. The summed E-state index contributed by atoms with van der Waals surface area (Å²) in [6.45, 7) is 4.42. The summed E-state index contributed by atoms with van der Waals surface area (Å²) in [4.78, 5) is 18.9. The summed E-state index contributed by atoms with van der Waals surface area (Å²) in [7, 11) is 1.66. The zero-order valence-corrected chi connectivity index (χ0v) is 18.1. The SMILES string of the molecule is CCNC(=NCC(=O)Nc1ccccc1)NC1CCN(c2cc(Cl)ccc2OC)C1. The second-order valence-corrected chi connectivity index (χ2v) is 7.44. The van der Waals surface area contributed by atoms with Crippen molar-refractivity contribution in [3.63, 3.8) is 0 Å². The minimum atomic E-state index is -0.157. The van der Waals surface area contributed by atoms with Crippen molar-refractivity contribution in [2.75, 3.05) is 43.5 Å². The van der Waals surface area contributed by atoms with Gasteiger partial charge in [-0.1, -0.05) is 29.8 Å². The van der Waals surface area contributed by atoms with Crippen molar-refractivity contribution in [1.82, 2.24) is 10.6 Å². The molecule has 1 fully saturated rings. The van der Waals surface area contributed by atoms with Crippen molar-refractivity contribution in [3.05, 3.63) is 53.6 Å². The predicted molar refractivity (Wildman–Crippen MR) is 123 cm³/mol. The van der Waals surface area contributed by atoms with Crippen LogP contribution in [-0.4, -0.2) is 51.2 Å². The maximum Gasteiger partial charge on any atom is 0.246 e. The summed E-state index contributed by atoms with van der Waals surface area (Å²) in [6, 6.07) is 15.2. The number of anilines is 2. The van der Waals surface area contributed by atoms with E-state index in [1.807, 2.05) is 55.5 Å². The Morgan fingerprint density at radius 2 is 2.07 bits per heavy atom. The number of amides is 1. The molecule has 1 aliphatic heterocycles. The van der Waals surface area contributed by atoms with Gasteiger partial charge in [-0.05, 0) is 43.7 Å². The lowest BCUT2D eigenvalue weighted by atomic mass is 10.2. The number of nitrogens with one attached hydrogen (secondary N) is 3. The fourth-order valence-corrected chi connectivity index (χ4v) is 3.56. The van der Waals surface area contributed by atoms with Gasteiger partial charge < -0.3 is 25.6 Å². The highest BCUT2D eigenvalue weighted by atomic mass is 35.5. The van der Waals surface area contributed by atoms with E-state index in [4.69, 9.17) is 16.3 Å². The molecule has 0 radical (unpaired) electrons. The van der Waals surface area contributed by atoms with E-state index < -0.39 is 0 Å². The Bertz CT molecular complexity index is 875. The summed E-state index contributed by atoms with van der Waals surface area (Å²) < 4.78 is 5.48. The van der Waals surface area contributed by atoms with E-state index in [2.05, 4.69) is 25.8 Å². The van der Waals surface area contributed by atoms with Crippen LogP contribution in [-0.2, 0) is 4.79 Å². The van der Waals surface area contributed by atoms with Gasteiger partial charge in [0.15, 0.2) is 5.96 Å². The number of nitrogens with zero attached hydrogens (tertiary/aromatic N) is 2. The number of hydrogen-bond donors (Lipinski definition) is 3. The van der Waals surface area contributed by atoms with E-state index in [0.29, 0.717) is 17.5 Å². The first-order valence-electron chi connectivity index (χ1n) is 10.1. The Kier molecular flexibility index (Phi) is 7.79. The van der Waals surface area contributed by atoms with E-state index in [0.717, 1.165) is 36.6 Å². The van der Waals surface area contributed by atoms with Crippen molar-refractivity contribution >= 4 is 34.8 Å². The molecule has 0 aromatic heterocycles. The Labute approximate surface area is 182 Å². The highest BCUT2D eigenvalue weighted by Gasteiger charge is 2.25. The van der Waals surface area contributed by atoms with E-state index >= 15 is 0 Å². The lowest BCUT2D eigenvalue weighted by molar-refractivity contribution is -0.114. The highest BCUT2D eigenvalue weighted by Crippen LogP contribution is 2.33. The molecule has 1 unspecified atom stereocenters. The number of aliphatic imine (C=N–C) groups is 1. The van der Waals surface area contributed by atoms with Gasteiger partial charge in [-0.25, -0.2) is 4.99 Å². The average Bonchev–Trinajstić information content (AvgIpc) is 3.21.